The average molecular weight is 585 g/mol. The van der Waals surface area contributed by atoms with Crippen LogP contribution in [0.1, 0.15) is 0 Å². The molecular formula is C39H22F2N4. The fraction of sp³-hybridized carbons (Fsp3) is 0. The lowest BCUT2D eigenvalue weighted by molar-refractivity contribution is 0.628. The molecular weight excluding hydrogens is 562 g/mol. The van der Waals surface area contributed by atoms with Crippen molar-refractivity contribution in [3.8, 4) is 62.1 Å². The quantitative estimate of drug-likeness (QED) is 0.208. The molecule has 6 aromatic carbocycles. The molecule has 1 aliphatic rings. The second-order valence-corrected chi connectivity index (χ2v) is 11.2. The van der Waals surface area contributed by atoms with Gasteiger partial charge >= 0.3 is 0 Å². The molecule has 0 N–H and O–H groups in total. The second-order valence-electron chi connectivity index (χ2n) is 11.2. The highest BCUT2D eigenvalue weighted by Crippen LogP contribution is 2.47. The Morgan fingerprint density at radius 1 is 0.422 bits per heavy atom. The molecule has 0 unspecified atom stereocenters. The maximum atomic E-state index is 15.2. The predicted molar refractivity (Wildman–Crippen MR) is 175 cm³/mol. The van der Waals surface area contributed by atoms with Gasteiger partial charge in [-0.25, -0.2) is 23.7 Å². The summed E-state index contributed by atoms with van der Waals surface area (Å²) >= 11 is 0. The van der Waals surface area contributed by atoms with Gasteiger partial charge in [0.15, 0.2) is 17.5 Å². The average Bonchev–Trinajstić information content (AvgIpc) is 3.34. The molecule has 0 saturated carbocycles. The van der Waals surface area contributed by atoms with E-state index in [0.29, 0.717) is 28.2 Å². The summed E-state index contributed by atoms with van der Waals surface area (Å²) in [5.41, 5.74) is 8.70. The summed E-state index contributed by atoms with van der Waals surface area (Å²) in [6, 6.07) is 41.7. The third kappa shape index (κ3) is 3.99. The Balaban J connectivity index is 1.34. The van der Waals surface area contributed by atoms with E-state index in [9.17, 15) is 4.39 Å². The van der Waals surface area contributed by atoms with Gasteiger partial charge in [-0.1, -0.05) is 84.9 Å². The van der Waals surface area contributed by atoms with Crippen molar-refractivity contribution in [3.05, 3.63) is 145 Å². The zero-order chi connectivity index (χ0) is 30.1. The second kappa shape index (κ2) is 9.76. The van der Waals surface area contributed by atoms with Crippen molar-refractivity contribution in [2.45, 2.75) is 0 Å². The van der Waals surface area contributed by atoms with Crippen LogP contribution in [-0.2, 0) is 0 Å². The summed E-state index contributed by atoms with van der Waals surface area (Å²) in [6.45, 7) is 0. The van der Waals surface area contributed by atoms with E-state index in [1.165, 1.54) is 18.2 Å². The Morgan fingerprint density at radius 2 is 1.00 bits per heavy atom. The molecule has 0 spiro atoms. The summed E-state index contributed by atoms with van der Waals surface area (Å²) in [6.07, 6.45) is 0. The molecule has 0 aliphatic carbocycles. The highest BCUT2D eigenvalue weighted by atomic mass is 19.1. The van der Waals surface area contributed by atoms with Crippen molar-refractivity contribution in [1.82, 2.24) is 19.5 Å². The van der Waals surface area contributed by atoms with Crippen LogP contribution < -0.4 is 0 Å². The molecule has 0 saturated heterocycles. The van der Waals surface area contributed by atoms with Crippen molar-refractivity contribution in [2.75, 3.05) is 0 Å². The van der Waals surface area contributed by atoms with E-state index in [4.69, 9.17) is 15.0 Å². The molecule has 0 atom stereocenters. The Kier molecular flexibility index (Phi) is 5.53. The third-order valence-electron chi connectivity index (χ3n) is 8.49. The van der Waals surface area contributed by atoms with Crippen LogP contribution in [0.2, 0.25) is 0 Å². The molecule has 6 heteroatoms. The zero-order valence-corrected chi connectivity index (χ0v) is 23.7. The lowest BCUT2D eigenvalue weighted by Gasteiger charge is -2.15. The van der Waals surface area contributed by atoms with E-state index < -0.39 is 0 Å². The highest BCUT2D eigenvalue weighted by molar-refractivity contribution is 6.16. The van der Waals surface area contributed by atoms with Gasteiger partial charge in [-0.3, -0.25) is 0 Å². The standard InChI is InChI=1S/C39H22F2N4/c40-26-16-18-35-31(20-26)33-22-27(41)21-32-29-14-8-7-13-28(29)30-19-25(15-17-34(30)45(35)36(32)33)39-43-37(23-9-3-1-4-10-23)42-38(44-39)24-11-5-2-6-12-24/h1-22H. The molecule has 0 radical (unpaired) electrons. The number of fused-ring (bicyclic) bond motifs is 8. The minimum atomic E-state index is -0.366. The van der Waals surface area contributed by atoms with Gasteiger partial charge in [-0.15, -0.1) is 0 Å². The van der Waals surface area contributed by atoms with Crippen LogP contribution in [0.5, 0.6) is 0 Å². The maximum Gasteiger partial charge on any atom is 0.164 e. The van der Waals surface area contributed by atoms with E-state index in [1.54, 1.807) is 12.1 Å². The first-order valence-electron chi connectivity index (χ1n) is 14.7. The summed E-state index contributed by atoms with van der Waals surface area (Å²) in [5, 5.41) is 1.33. The molecule has 2 aromatic heterocycles. The highest BCUT2D eigenvalue weighted by Gasteiger charge is 2.26. The van der Waals surface area contributed by atoms with Crippen LogP contribution in [0.4, 0.5) is 8.78 Å². The first kappa shape index (κ1) is 25.5. The minimum absolute atomic E-state index is 0.362. The number of aromatic nitrogens is 4. The SMILES string of the molecule is Fc1ccc2c(c1)c1cc(F)cc3c1n2-c1ccc(-c2nc(-c4ccccc4)nc(-c4ccccc4)n2)cc1-c1ccccc1-3. The van der Waals surface area contributed by atoms with Gasteiger partial charge in [0, 0.05) is 38.6 Å². The largest absolute Gasteiger partial charge is 0.308 e. The fourth-order valence-corrected chi connectivity index (χ4v) is 6.52. The van der Waals surface area contributed by atoms with Gasteiger partial charge in [-0.2, -0.15) is 0 Å². The number of hydrogen-bond acceptors (Lipinski definition) is 3. The molecule has 1 aliphatic heterocycles. The van der Waals surface area contributed by atoms with Gasteiger partial charge in [0.1, 0.15) is 11.6 Å². The van der Waals surface area contributed by atoms with Crippen molar-refractivity contribution in [2.24, 2.45) is 0 Å². The first-order chi connectivity index (χ1) is 22.1. The summed E-state index contributed by atoms with van der Waals surface area (Å²) in [7, 11) is 0. The number of hydrogen-bond donors (Lipinski definition) is 0. The Bertz CT molecular complexity index is 2390. The normalized spacial score (nSPS) is 11.8. The Hall–Kier alpha value is -6.01. The molecule has 45 heavy (non-hydrogen) atoms. The number of rotatable bonds is 3. The van der Waals surface area contributed by atoms with Crippen LogP contribution in [0.25, 0.3) is 83.9 Å². The van der Waals surface area contributed by atoms with Crippen LogP contribution in [0.3, 0.4) is 0 Å². The Morgan fingerprint density at radius 3 is 1.67 bits per heavy atom. The Labute approximate surface area is 256 Å². The van der Waals surface area contributed by atoms with Gasteiger partial charge in [-0.05, 0) is 59.7 Å². The molecule has 8 aromatic rings. The van der Waals surface area contributed by atoms with Crippen LogP contribution in [0.15, 0.2) is 133 Å². The predicted octanol–water partition coefficient (Wildman–Crippen LogP) is 9.90. The van der Waals surface area contributed by atoms with E-state index in [-0.39, 0.29) is 11.6 Å². The van der Waals surface area contributed by atoms with Crippen molar-refractivity contribution in [1.29, 1.82) is 0 Å². The summed E-state index contributed by atoms with van der Waals surface area (Å²) < 4.78 is 31.9. The van der Waals surface area contributed by atoms with Crippen molar-refractivity contribution >= 4 is 21.8 Å². The summed E-state index contributed by atoms with van der Waals surface area (Å²) in [5.74, 6) is 0.976. The van der Waals surface area contributed by atoms with E-state index >= 15 is 4.39 Å². The van der Waals surface area contributed by atoms with E-state index in [0.717, 1.165) is 55.7 Å². The molecule has 212 valence electrons. The molecule has 9 rings (SSSR count). The lowest BCUT2D eigenvalue weighted by atomic mass is 9.92. The number of nitrogens with zero attached hydrogens (tertiary/aromatic N) is 4. The first-order valence-corrected chi connectivity index (χ1v) is 14.7. The van der Waals surface area contributed by atoms with Crippen LogP contribution in [-0.4, -0.2) is 19.5 Å². The monoisotopic (exact) mass is 584 g/mol. The molecule has 0 bridgehead atoms. The molecule has 4 nitrogen and oxygen atoms in total. The molecule has 0 fully saturated rings. The van der Waals surface area contributed by atoms with Gasteiger partial charge in [0.25, 0.3) is 0 Å². The van der Waals surface area contributed by atoms with E-state index in [1.807, 2.05) is 84.9 Å². The fourth-order valence-electron chi connectivity index (χ4n) is 6.52. The maximum absolute atomic E-state index is 15.2. The topological polar surface area (TPSA) is 43.6 Å². The van der Waals surface area contributed by atoms with Gasteiger partial charge < -0.3 is 4.57 Å². The van der Waals surface area contributed by atoms with Gasteiger partial charge in [0.05, 0.1) is 16.7 Å². The lowest BCUT2D eigenvalue weighted by Crippen LogP contribution is -2.01. The smallest absolute Gasteiger partial charge is 0.164 e. The third-order valence-corrected chi connectivity index (χ3v) is 8.49. The van der Waals surface area contributed by atoms with Crippen molar-refractivity contribution in [3.63, 3.8) is 0 Å². The van der Waals surface area contributed by atoms with E-state index in [2.05, 4.69) is 22.8 Å². The zero-order valence-electron chi connectivity index (χ0n) is 23.7. The number of benzene rings is 6. The summed E-state index contributed by atoms with van der Waals surface area (Å²) in [4.78, 5) is 14.7. The van der Waals surface area contributed by atoms with Gasteiger partial charge in [0.2, 0.25) is 0 Å². The van der Waals surface area contributed by atoms with Crippen LogP contribution >= 0.6 is 0 Å². The molecule has 0 amide bonds. The van der Waals surface area contributed by atoms with Crippen LogP contribution in [0, 0.1) is 11.6 Å². The van der Waals surface area contributed by atoms with Crippen molar-refractivity contribution < 1.29 is 8.78 Å². The minimum Gasteiger partial charge on any atom is -0.308 e. The molecule has 3 heterocycles. The number of halogens is 2.